The summed E-state index contributed by atoms with van der Waals surface area (Å²) < 4.78 is 20.0. The number of ether oxygens (including phenoxy) is 1. The first-order valence-corrected chi connectivity index (χ1v) is 8.75. The molecule has 0 saturated carbocycles. The first kappa shape index (κ1) is 19.2. The number of nitrogens with one attached hydrogen (secondary N) is 2. The maximum Gasteiger partial charge on any atom is 0.269 e. The fourth-order valence-corrected chi connectivity index (χ4v) is 2.88. The second-order valence-corrected chi connectivity index (χ2v) is 6.30. The highest BCUT2D eigenvalue weighted by atomic mass is 19.1. The van der Waals surface area contributed by atoms with Crippen LogP contribution in [0.4, 0.5) is 4.39 Å². The van der Waals surface area contributed by atoms with Crippen LogP contribution in [0, 0.1) is 17.1 Å². The summed E-state index contributed by atoms with van der Waals surface area (Å²) in [5.74, 6) is -0.146. The second kappa shape index (κ2) is 7.96. The lowest BCUT2D eigenvalue weighted by atomic mass is 10.1. The van der Waals surface area contributed by atoms with Crippen LogP contribution in [0.15, 0.2) is 53.3 Å². The number of nitrogens with zero attached hydrogens (tertiary/aromatic N) is 3. The fraction of sp³-hybridized carbons (Fsp3) is 0.250. The van der Waals surface area contributed by atoms with E-state index >= 15 is 0 Å². The van der Waals surface area contributed by atoms with Crippen molar-refractivity contribution in [2.75, 3.05) is 6.54 Å². The molecule has 0 fully saturated rings. The molecule has 1 aromatic rings. The smallest absolute Gasteiger partial charge is 0.269 e. The molecule has 0 spiro atoms. The highest BCUT2D eigenvalue weighted by Crippen LogP contribution is 2.27. The van der Waals surface area contributed by atoms with Gasteiger partial charge in [0.1, 0.15) is 35.3 Å². The van der Waals surface area contributed by atoms with E-state index in [1.807, 2.05) is 6.07 Å². The Balaban J connectivity index is 2.09. The standard InChI is InChI=1S/C20H20FN5O2/c1-4-17-20(27)24-10-13(3)28-18-7-6-16(21)14(9-22)15(18)11-23-19-8-5-12(2)26(17)25-19/h4-8,13H,2,10-11H2,1,3H3,(H,23,25)(H,24,27)/b17-4-/t13-/m0/s1. The minimum atomic E-state index is -0.631. The van der Waals surface area contributed by atoms with Gasteiger partial charge in [-0.15, -0.1) is 0 Å². The summed E-state index contributed by atoms with van der Waals surface area (Å²) >= 11 is 0. The number of halogens is 1. The molecule has 3 rings (SSSR count). The zero-order valence-corrected chi connectivity index (χ0v) is 15.6. The third-order valence-corrected chi connectivity index (χ3v) is 4.31. The average Bonchev–Trinajstić information content (AvgIpc) is 2.68. The molecular weight excluding hydrogens is 361 g/mol. The molecule has 0 unspecified atom stereocenters. The number of rotatable bonds is 0. The molecule has 2 bridgehead atoms. The quantitative estimate of drug-likeness (QED) is 0.673. The van der Waals surface area contributed by atoms with Crippen molar-refractivity contribution < 1.29 is 13.9 Å². The number of hydrogen-bond acceptors (Lipinski definition) is 6. The van der Waals surface area contributed by atoms with Gasteiger partial charge in [0, 0.05) is 5.56 Å². The van der Waals surface area contributed by atoms with Crippen LogP contribution in [0.2, 0.25) is 0 Å². The highest BCUT2D eigenvalue weighted by Gasteiger charge is 2.24. The molecule has 0 saturated heterocycles. The van der Waals surface area contributed by atoms with Crippen LogP contribution in [-0.4, -0.2) is 29.4 Å². The van der Waals surface area contributed by atoms with E-state index in [1.165, 1.54) is 17.1 Å². The molecule has 8 heteroatoms. The van der Waals surface area contributed by atoms with Gasteiger partial charge in [-0.3, -0.25) is 20.2 Å². The zero-order chi connectivity index (χ0) is 20.3. The minimum Gasteiger partial charge on any atom is -0.488 e. The Morgan fingerprint density at radius 2 is 2.25 bits per heavy atom. The number of amides is 1. The van der Waals surface area contributed by atoms with E-state index in [0.29, 0.717) is 28.5 Å². The first-order valence-electron chi connectivity index (χ1n) is 8.75. The van der Waals surface area contributed by atoms with Crippen molar-refractivity contribution in [3.05, 3.63) is 65.3 Å². The minimum absolute atomic E-state index is 0.0300. The molecular formula is C20H20FN5O2. The van der Waals surface area contributed by atoms with Gasteiger partial charge in [-0.2, -0.15) is 5.26 Å². The van der Waals surface area contributed by atoms with Gasteiger partial charge in [0.2, 0.25) is 0 Å². The molecule has 144 valence electrons. The van der Waals surface area contributed by atoms with E-state index in [0.717, 1.165) is 0 Å². The van der Waals surface area contributed by atoms with E-state index in [2.05, 4.69) is 22.3 Å². The number of nitriles is 1. The average molecular weight is 381 g/mol. The number of amidine groups is 1. The Morgan fingerprint density at radius 3 is 2.96 bits per heavy atom. The number of benzene rings is 1. The normalized spacial score (nSPS) is 21.1. The Kier molecular flexibility index (Phi) is 5.45. The molecule has 7 nitrogen and oxygen atoms in total. The van der Waals surface area contributed by atoms with E-state index < -0.39 is 11.9 Å². The van der Waals surface area contributed by atoms with Crippen molar-refractivity contribution >= 4 is 11.7 Å². The molecule has 1 aromatic carbocycles. The predicted octanol–water partition coefficient (Wildman–Crippen LogP) is 2.29. The Labute approximate surface area is 162 Å². The third kappa shape index (κ3) is 3.74. The van der Waals surface area contributed by atoms with Crippen molar-refractivity contribution in [2.45, 2.75) is 26.5 Å². The molecule has 2 aliphatic heterocycles. The van der Waals surface area contributed by atoms with Crippen molar-refractivity contribution in [3.8, 4) is 11.8 Å². The van der Waals surface area contributed by atoms with Crippen molar-refractivity contribution in [1.29, 1.82) is 5.26 Å². The second-order valence-electron chi connectivity index (χ2n) is 6.30. The van der Waals surface area contributed by atoms with Gasteiger partial charge < -0.3 is 10.1 Å². The molecule has 1 atom stereocenters. The van der Waals surface area contributed by atoms with E-state index in [1.54, 1.807) is 32.1 Å². The molecule has 2 heterocycles. The van der Waals surface area contributed by atoms with Crippen LogP contribution < -0.4 is 15.5 Å². The molecule has 28 heavy (non-hydrogen) atoms. The largest absolute Gasteiger partial charge is 0.488 e. The number of hydrogen-bond donors (Lipinski definition) is 2. The van der Waals surface area contributed by atoms with Gasteiger partial charge in [-0.1, -0.05) is 12.7 Å². The highest BCUT2D eigenvalue weighted by molar-refractivity contribution is 5.97. The SMILES string of the molecule is C=C1C=CC2=NCc3c(ccc(F)c3C#N)O[C@@H](C)CNC(=O)/C(=C/C)N1N2. The molecule has 0 aliphatic carbocycles. The topological polar surface area (TPSA) is 89.7 Å². The lowest BCUT2D eigenvalue weighted by Crippen LogP contribution is -2.47. The summed E-state index contributed by atoms with van der Waals surface area (Å²) in [5.41, 5.74) is 4.18. The zero-order valence-electron chi connectivity index (χ0n) is 15.6. The lowest BCUT2D eigenvalue weighted by Gasteiger charge is -2.31. The summed E-state index contributed by atoms with van der Waals surface area (Å²) in [6.07, 6.45) is 4.66. The Morgan fingerprint density at radius 1 is 1.46 bits per heavy atom. The maximum atomic E-state index is 14.1. The van der Waals surface area contributed by atoms with Gasteiger partial charge in [-0.05, 0) is 38.1 Å². The monoisotopic (exact) mass is 381 g/mol. The van der Waals surface area contributed by atoms with E-state index in [-0.39, 0.29) is 24.6 Å². The number of hydrazine groups is 1. The number of fused-ring (bicyclic) bond motifs is 3. The summed E-state index contributed by atoms with van der Waals surface area (Å²) in [4.78, 5) is 17.0. The van der Waals surface area contributed by atoms with Crippen LogP contribution in [-0.2, 0) is 11.3 Å². The summed E-state index contributed by atoms with van der Waals surface area (Å²) in [5, 5.41) is 13.7. The summed E-state index contributed by atoms with van der Waals surface area (Å²) in [7, 11) is 0. The molecule has 2 N–H and O–H groups in total. The van der Waals surface area contributed by atoms with Crippen LogP contribution >= 0.6 is 0 Å². The van der Waals surface area contributed by atoms with Gasteiger partial charge in [-0.25, -0.2) is 4.39 Å². The molecule has 2 aliphatic rings. The van der Waals surface area contributed by atoms with Crippen molar-refractivity contribution in [2.24, 2.45) is 4.99 Å². The van der Waals surface area contributed by atoms with Gasteiger partial charge >= 0.3 is 0 Å². The van der Waals surface area contributed by atoms with Crippen molar-refractivity contribution in [3.63, 3.8) is 0 Å². The van der Waals surface area contributed by atoms with E-state index in [4.69, 9.17) is 4.74 Å². The number of carbonyl (C=O) groups is 1. The third-order valence-electron chi connectivity index (χ3n) is 4.31. The van der Waals surface area contributed by atoms with Crippen LogP contribution in [0.1, 0.15) is 25.0 Å². The lowest BCUT2D eigenvalue weighted by molar-refractivity contribution is -0.119. The predicted molar refractivity (Wildman–Crippen MR) is 102 cm³/mol. The van der Waals surface area contributed by atoms with Gasteiger partial charge in [0.25, 0.3) is 5.91 Å². The first-order chi connectivity index (χ1) is 13.4. The number of carbonyl (C=O) groups excluding carboxylic acids is 1. The van der Waals surface area contributed by atoms with Gasteiger partial charge in [0.15, 0.2) is 0 Å². The Hall–Kier alpha value is -3.60. The number of allylic oxidation sites excluding steroid dienone is 2. The summed E-state index contributed by atoms with van der Waals surface area (Å²) in [6, 6.07) is 4.54. The van der Waals surface area contributed by atoms with Crippen molar-refractivity contribution in [1.82, 2.24) is 15.8 Å². The number of aliphatic imine (C=N–C) groups is 1. The Bertz CT molecular complexity index is 958. The van der Waals surface area contributed by atoms with Crippen LogP contribution in [0.3, 0.4) is 0 Å². The summed E-state index contributed by atoms with van der Waals surface area (Å²) in [6.45, 7) is 7.70. The maximum absolute atomic E-state index is 14.1. The molecule has 0 radical (unpaired) electrons. The van der Waals surface area contributed by atoms with E-state index in [9.17, 15) is 14.4 Å². The van der Waals surface area contributed by atoms with Crippen LogP contribution in [0.25, 0.3) is 0 Å². The van der Waals surface area contributed by atoms with Gasteiger partial charge in [0.05, 0.1) is 24.4 Å². The fourth-order valence-electron chi connectivity index (χ4n) is 2.88. The molecule has 0 aromatic heterocycles. The van der Waals surface area contributed by atoms with Crippen LogP contribution in [0.5, 0.6) is 5.75 Å². The molecule has 1 amide bonds.